The number of benzene rings is 2. The van der Waals surface area contributed by atoms with Crippen LogP contribution in [0.15, 0.2) is 53.4 Å². The second kappa shape index (κ2) is 7.17. The molecule has 0 saturated carbocycles. The maximum atomic E-state index is 12.5. The quantitative estimate of drug-likeness (QED) is 0.520. The number of carbonyl (C=O) groups excluding carboxylic acids is 1. The van der Waals surface area contributed by atoms with E-state index in [4.69, 9.17) is 0 Å². The molecule has 0 saturated heterocycles. The summed E-state index contributed by atoms with van der Waals surface area (Å²) in [6, 6.07) is 14.5. The average molecular weight is 418 g/mol. The number of carbonyl (C=O) groups is 1. The summed E-state index contributed by atoms with van der Waals surface area (Å²) in [5.41, 5.74) is 1.26. The molecule has 1 aliphatic heterocycles. The Hall–Kier alpha value is -2.46. The summed E-state index contributed by atoms with van der Waals surface area (Å²) in [5.74, 6) is -0.559. The fourth-order valence-corrected chi connectivity index (χ4v) is 5.39. The summed E-state index contributed by atoms with van der Waals surface area (Å²) in [6.07, 6.45) is -2.02. The first-order valence-corrected chi connectivity index (χ1v) is 11.0. The molecule has 4 N–H and O–H groups in total. The first kappa shape index (κ1) is 18.9. The molecule has 1 aliphatic rings. The fourth-order valence-electron chi connectivity index (χ4n) is 3.08. The van der Waals surface area contributed by atoms with E-state index in [1.807, 2.05) is 37.3 Å². The van der Waals surface area contributed by atoms with E-state index in [0.29, 0.717) is 5.69 Å². The molecular formula is C19H19N3O4S2. The lowest BCUT2D eigenvalue weighted by molar-refractivity contribution is -0.122. The van der Waals surface area contributed by atoms with Gasteiger partial charge in [-0.3, -0.25) is 4.79 Å². The molecule has 1 aromatic heterocycles. The zero-order valence-electron chi connectivity index (χ0n) is 15.0. The molecular weight excluding hydrogens is 398 g/mol. The Balaban J connectivity index is 1.45. The third-order valence-electron chi connectivity index (χ3n) is 4.50. The number of rotatable bonds is 4. The van der Waals surface area contributed by atoms with E-state index in [9.17, 15) is 18.3 Å². The highest BCUT2D eigenvalue weighted by Crippen LogP contribution is 2.30. The van der Waals surface area contributed by atoms with E-state index in [1.165, 1.54) is 17.4 Å². The first-order valence-electron chi connectivity index (χ1n) is 8.67. The maximum absolute atomic E-state index is 12.5. The number of sulfonamides is 1. The monoisotopic (exact) mass is 417 g/mol. The molecule has 2 aromatic carbocycles. The molecule has 0 aliphatic carbocycles. The molecule has 0 radical (unpaired) electrons. The van der Waals surface area contributed by atoms with Gasteiger partial charge in [-0.2, -0.15) is 4.72 Å². The number of nitrogens with one attached hydrogen (secondary N) is 3. The van der Waals surface area contributed by atoms with Crippen LogP contribution >= 0.6 is 11.3 Å². The van der Waals surface area contributed by atoms with Crippen LogP contribution in [0.5, 0.6) is 0 Å². The predicted molar refractivity (Wildman–Crippen MR) is 109 cm³/mol. The van der Waals surface area contributed by atoms with Crippen molar-refractivity contribution < 1.29 is 18.3 Å². The van der Waals surface area contributed by atoms with Gasteiger partial charge < -0.3 is 15.7 Å². The van der Waals surface area contributed by atoms with E-state index in [-0.39, 0.29) is 11.4 Å². The molecule has 146 valence electrons. The number of aliphatic hydroxyl groups excluding tert-OH is 1. The van der Waals surface area contributed by atoms with Gasteiger partial charge in [-0.05, 0) is 42.1 Å². The smallest absolute Gasteiger partial charge is 0.258 e. The Morgan fingerprint density at radius 3 is 2.82 bits per heavy atom. The molecule has 4 rings (SSSR count). The summed E-state index contributed by atoms with van der Waals surface area (Å²) in [7, 11) is -3.79. The zero-order chi connectivity index (χ0) is 19.9. The number of thiophene rings is 1. The van der Waals surface area contributed by atoms with Crippen molar-refractivity contribution in [1.29, 1.82) is 0 Å². The van der Waals surface area contributed by atoms with Crippen LogP contribution in [0.25, 0.3) is 10.1 Å². The van der Waals surface area contributed by atoms with E-state index in [0.717, 1.165) is 20.5 Å². The van der Waals surface area contributed by atoms with Gasteiger partial charge in [0.2, 0.25) is 10.0 Å². The number of aryl methyl sites for hydroxylation is 1. The normalized spacial score (nSPS) is 18.9. The SMILES string of the molecule is Cc1ccc2c(c1)NC(C(=O)NCC(O)c1cc3ccccc3s1)NS2(=O)=O. The largest absolute Gasteiger partial charge is 0.386 e. The molecule has 2 unspecified atom stereocenters. The molecule has 0 fully saturated rings. The van der Waals surface area contributed by atoms with Crippen molar-refractivity contribution in [1.82, 2.24) is 10.0 Å². The molecule has 2 heterocycles. The Morgan fingerprint density at radius 1 is 1.25 bits per heavy atom. The lowest BCUT2D eigenvalue weighted by atomic mass is 10.2. The molecule has 1 amide bonds. The standard InChI is InChI=1S/C19H19N3O4S2/c1-11-6-7-17-13(8-11)21-18(22-28(17,25)26)19(24)20-10-14(23)16-9-12-4-2-3-5-15(12)27-16/h2-9,14,18,21-23H,10H2,1H3,(H,20,24). The van der Waals surface area contributed by atoms with E-state index in [2.05, 4.69) is 15.4 Å². The van der Waals surface area contributed by atoms with Crippen molar-refractivity contribution >= 4 is 43.0 Å². The second-order valence-electron chi connectivity index (χ2n) is 6.65. The van der Waals surface area contributed by atoms with Crippen LogP contribution in [0.3, 0.4) is 0 Å². The van der Waals surface area contributed by atoms with Crippen LogP contribution in [0.4, 0.5) is 5.69 Å². The highest BCUT2D eigenvalue weighted by molar-refractivity contribution is 7.89. The van der Waals surface area contributed by atoms with Gasteiger partial charge in [0.25, 0.3) is 5.91 Å². The van der Waals surface area contributed by atoms with Gasteiger partial charge >= 0.3 is 0 Å². The van der Waals surface area contributed by atoms with Gasteiger partial charge in [0, 0.05) is 16.1 Å². The molecule has 7 nitrogen and oxygen atoms in total. The molecule has 2 atom stereocenters. The first-order chi connectivity index (χ1) is 13.3. The summed E-state index contributed by atoms with van der Waals surface area (Å²) in [6.45, 7) is 1.82. The average Bonchev–Trinajstić information content (AvgIpc) is 3.09. The Labute approximate surface area is 166 Å². The van der Waals surface area contributed by atoms with Crippen molar-refractivity contribution in [2.45, 2.75) is 24.1 Å². The zero-order valence-corrected chi connectivity index (χ0v) is 16.6. The van der Waals surface area contributed by atoms with Crippen LogP contribution in [0.2, 0.25) is 0 Å². The Bertz CT molecular complexity index is 1120. The van der Waals surface area contributed by atoms with Crippen molar-refractivity contribution in [3.05, 3.63) is 59.0 Å². The molecule has 3 aromatic rings. The van der Waals surface area contributed by atoms with Crippen LogP contribution in [0.1, 0.15) is 16.5 Å². The second-order valence-corrected chi connectivity index (χ2v) is 9.44. The van der Waals surface area contributed by atoms with Crippen LogP contribution in [-0.4, -0.2) is 32.1 Å². The van der Waals surface area contributed by atoms with Crippen LogP contribution < -0.4 is 15.4 Å². The third kappa shape index (κ3) is 3.61. The number of amides is 1. The van der Waals surface area contributed by atoms with Crippen molar-refractivity contribution in [3.63, 3.8) is 0 Å². The highest BCUT2D eigenvalue weighted by Gasteiger charge is 2.33. The predicted octanol–water partition coefficient (Wildman–Crippen LogP) is 2.09. The van der Waals surface area contributed by atoms with Gasteiger partial charge in [-0.25, -0.2) is 8.42 Å². The molecule has 0 bridgehead atoms. The van der Waals surface area contributed by atoms with Crippen LogP contribution in [-0.2, 0) is 14.8 Å². The number of hydrogen-bond donors (Lipinski definition) is 4. The lowest BCUT2D eigenvalue weighted by Gasteiger charge is -2.27. The van der Waals surface area contributed by atoms with E-state index >= 15 is 0 Å². The van der Waals surface area contributed by atoms with Crippen molar-refractivity contribution in [2.75, 3.05) is 11.9 Å². The fraction of sp³-hybridized carbons (Fsp3) is 0.211. The van der Waals surface area contributed by atoms with Gasteiger partial charge in [0.05, 0.1) is 5.69 Å². The van der Waals surface area contributed by atoms with Crippen molar-refractivity contribution in [2.24, 2.45) is 0 Å². The van der Waals surface area contributed by atoms with E-state index < -0.39 is 28.2 Å². The lowest BCUT2D eigenvalue weighted by Crippen LogP contribution is -2.54. The van der Waals surface area contributed by atoms with Gasteiger partial charge in [0.1, 0.15) is 11.0 Å². The van der Waals surface area contributed by atoms with Crippen molar-refractivity contribution in [3.8, 4) is 0 Å². The van der Waals surface area contributed by atoms with Gasteiger partial charge in [-0.1, -0.05) is 24.3 Å². The minimum atomic E-state index is -3.79. The number of aliphatic hydroxyl groups is 1. The third-order valence-corrected chi connectivity index (χ3v) is 7.20. The minimum Gasteiger partial charge on any atom is -0.386 e. The number of anilines is 1. The topological polar surface area (TPSA) is 108 Å². The minimum absolute atomic E-state index is 0.0216. The van der Waals surface area contributed by atoms with Crippen LogP contribution in [0, 0.1) is 6.92 Å². The van der Waals surface area contributed by atoms with Gasteiger partial charge in [0.15, 0.2) is 6.17 Å². The Morgan fingerprint density at radius 2 is 2.04 bits per heavy atom. The molecule has 0 spiro atoms. The summed E-state index contributed by atoms with van der Waals surface area (Å²) < 4.78 is 28.1. The maximum Gasteiger partial charge on any atom is 0.258 e. The number of fused-ring (bicyclic) bond motifs is 2. The van der Waals surface area contributed by atoms with Gasteiger partial charge in [-0.15, -0.1) is 11.3 Å². The molecule has 28 heavy (non-hydrogen) atoms. The summed E-state index contributed by atoms with van der Waals surface area (Å²) in [4.78, 5) is 13.3. The van der Waals surface area contributed by atoms with E-state index in [1.54, 1.807) is 12.1 Å². The number of hydrogen-bond acceptors (Lipinski definition) is 6. The highest BCUT2D eigenvalue weighted by atomic mass is 32.2. The molecule has 9 heteroatoms. The summed E-state index contributed by atoms with van der Waals surface area (Å²) >= 11 is 1.46. The summed E-state index contributed by atoms with van der Waals surface area (Å²) in [5, 5.41) is 16.9. The Kier molecular flexibility index (Phi) is 4.84.